The Balaban J connectivity index is 1.96. The molecule has 5 nitrogen and oxygen atoms in total. The summed E-state index contributed by atoms with van der Waals surface area (Å²) in [6.45, 7) is 0. The van der Waals surface area contributed by atoms with Crippen LogP contribution in [-0.2, 0) is 0 Å². The van der Waals surface area contributed by atoms with Crippen LogP contribution in [0.15, 0.2) is 67.3 Å². The Labute approximate surface area is 144 Å². The quantitative estimate of drug-likeness (QED) is 0.562. The van der Waals surface area contributed by atoms with Gasteiger partial charge in [-0.2, -0.15) is 4.98 Å². The Morgan fingerprint density at radius 2 is 1.88 bits per heavy atom. The predicted octanol–water partition coefficient (Wildman–Crippen LogP) is 4.24. The molecule has 4 rings (SSSR count). The number of hydrogen-bond donors (Lipinski definition) is 0. The van der Waals surface area contributed by atoms with E-state index in [1.165, 1.54) is 0 Å². The smallest absolute Gasteiger partial charge is 0.237 e. The molecule has 0 bridgehead atoms. The molecule has 0 N–H and O–H groups in total. The average molecular weight is 336 g/mol. The number of halogens is 1. The van der Waals surface area contributed by atoms with Gasteiger partial charge in [0.05, 0.1) is 5.52 Å². The number of benzene rings is 2. The van der Waals surface area contributed by atoms with Gasteiger partial charge in [-0.3, -0.25) is 4.57 Å². The second-order valence-electron chi connectivity index (χ2n) is 5.37. The van der Waals surface area contributed by atoms with Gasteiger partial charge in [0.15, 0.2) is 0 Å². The van der Waals surface area contributed by atoms with Gasteiger partial charge in [-0.15, -0.1) is 0 Å². The fraction of sp³-hybridized carbons (Fsp3) is 0.0556. The maximum absolute atomic E-state index is 6.19. The van der Waals surface area contributed by atoms with Crippen molar-refractivity contribution >= 4 is 34.0 Å². The number of fused-ring (bicyclic) bond motifs is 1. The molecule has 6 heteroatoms. The van der Waals surface area contributed by atoms with Gasteiger partial charge < -0.3 is 4.90 Å². The van der Waals surface area contributed by atoms with Gasteiger partial charge in [0.2, 0.25) is 5.95 Å². The summed E-state index contributed by atoms with van der Waals surface area (Å²) >= 11 is 6.19. The molecule has 0 aliphatic carbocycles. The van der Waals surface area contributed by atoms with Crippen molar-refractivity contribution in [3.8, 4) is 5.95 Å². The first-order valence-corrected chi connectivity index (χ1v) is 7.84. The molecule has 118 valence electrons. The Kier molecular flexibility index (Phi) is 3.63. The van der Waals surface area contributed by atoms with Crippen molar-refractivity contribution in [2.75, 3.05) is 11.9 Å². The molecule has 0 saturated carbocycles. The van der Waals surface area contributed by atoms with Gasteiger partial charge in [0, 0.05) is 35.5 Å². The van der Waals surface area contributed by atoms with Crippen molar-refractivity contribution in [1.29, 1.82) is 0 Å². The zero-order chi connectivity index (χ0) is 16.5. The van der Waals surface area contributed by atoms with E-state index in [4.69, 9.17) is 16.6 Å². The first-order chi connectivity index (χ1) is 11.7. The molecular weight excluding hydrogens is 322 g/mol. The SMILES string of the molecule is CN(c1ccccc1)c1nc(-n2ccnc2)nc2ccc(Cl)cc12. The van der Waals surface area contributed by atoms with Crippen LogP contribution in [0.4, 0.5) is 11.5 Å². The molecule has 0 fully saturated rings. The fourth-order valence-electron chi connectivity index (χ4n) is 2.59. The summed E-state index contributed by atoms with van der Waals surface area (Å²) in [5.41, 5.74) is 1.87. The third-order valence-electron chi connectivity index (χ3n) is 3.82. The molecule has 0 unspecified atom stereocenters. The lowest BCUT2D eigenvalue weighted by Crippen LogP contribution is -2.14. The van der Waals surface area contributed by atoms with E-state index < -0.39 is 0 Å². The van der Waals surface area contributed by atoms with Gasteiger partial charge >= 0.3 is 0 Å². The largest absolute Gasteiger partial charge is 0.329 e. The highest BCUT2D eigenvalue weighted by Crippen LogP contribution is 2.31. The van der Waals surface area contributed by atoms with Crippen molar-refractivity contribution in [2.45, 2.75) is 0 Å². The number of hydrogen-bond acceptors (Lipinski definition) is 4. The fourth-order valence-corrected chi connectivity index (χ4v) is 2.77. The van der Waals surface area contributed by atoms with Crippen molar-refractivity contribution in [3.63, 3.8) is 0 Å². The molecule has 0 aliphatic heterocycles. The Bertz CT molecular complexity index is 983. The van der Waals surface area contributed by atoms with Gasteiger partial charge in [0.1, 0.15) is 12.1 Å². The molecule has 4 aromatic rings. The van der Waals surface area contributed by atoms with Gasteiger partial charge in [-0.05, 0) is 30.3 Å². The number of aromatic nitrogens is 4. The molecule has 24 heavy (non-hydrogen) atoms. The predicted molar refractivity (Wildman–Crippen MR) is 96.2 cm³/mol. The zero-order valence-electron chi connectivity index (χ0n) is 13.0. The van der Waals surface area contributed by atoms with Crippen LogP contribution in [0, 0.1) is 0 Å². The van der Waals surface area contributed by atoms with Crippen molar-refractivity contribution in [3.05, 3.63) is 72.3 Å². The van der Waals surface area contributed by atoms with Crippen LogP contribution >= 0.6 is 11.6 Å². The number of anilines is 2. The lowest BCUT2D eigenvalue weighted by Gasteiger charge is -2.21. The third-order valence-corrected chi connectivity index (χ3v) is 4.06. The molecule has 0 saturated heterocycles. The minimum Gasteiger partial charge on any atom is -0.329 e. The summed E-state index contributed by atoms with van der Waals surface area (Å²) in [5, 5.41) is 1.56. The van der Waals surface area contributed by atoms with E-state index in [0.29, 0.717) is 11.0 Å². The summed E-state index contributed by atoms with van der Waals surface area (Å²) < 4.78 is 1.79. The minimum atomic E-state index is 0.570. The van der Waals surface area contributed by atoms with Crippen molar-refractivity contribution < 1.29 is 0 Å². The van der Waals surface area contributed by atoms with E-state index in [-0.39, 0.29) is 0 Å². The Hall–Kier alpha value is -2.92. The van der Waals surface area contributed by atoms with Gasteiger partial charge in [-0.1, -0.05) is 29.8 Å². The molecule has 0 atom stereocenters. The summed E-state index contributed by atoms with van der Waals surface area (Å²) in [6.07, 6.45) is 5.21. The number of para-hydroxylation sites is 1. The molecule has 0 radical (unpaired) electrons. The monoisotopic (exact) mass is 335 g/mol. The maximum Gasteiger partial charge on any atom is 0.237 e. The number of imidazole rings is 1. The summed E-state index contributed by atoms with van der Waals surface area (Å²) in [7, 11) is 1.98. The Morgan fingerprint density at radius 1 is 1.04 bits per heavy atom. The molecular formula is C18H14ClN5. The topological polar surface area (TPSA) is 46.8 Å². The summed E-state index contributed by atoms with van der Waals surface area (Å²) in [5.74, 6) is 1.36. The van der Waals surface area contributed by atoms with Crippen LogP contribution in [0.3, 0.4) is 0 Å². The van der Waals surface area contributed by atoms with Gasteiger partial charge in [-0.25, -0.2) is 9.97 Å². The van der Waals surface area contributed by atoms with Crippen molar-refractivity contribution in [2.24, 2.45) is 0 Å². The van der Waals surface area contributed by atoms with Crippen molar-refractivity contribution in [1.82, 2.24) is 19.5 Å². The zero-order valence-corrected chi connectivity index (χ0v) is 13.7. The second kappa shape index (κ2) is 5.94. The van der Waals surface area contributed by atoms with Crippen LogP contribution in [0.25, 0.3) is 16.9 Å². The lowest BCUT2D eigenvalue weighted by molar-refractivity contribution is 0.932. The average Bonchev–Trinajstić information content (AvgIpc) is 3.16. The lowest BCUT2D eigenvalue weighted by atomic mass is 10.2. The number of nitrogens with zero attached hydrogens (tertiary/aromatic N) is 5. The Morgan fingerprint density at radius 3 is 2.62 bits per heavy atom. The van der Waals surface area contributed by atoms with Crippen LogP contribution < -0.4 is 4.90 Å². The first kappa shape index (κ1) is 14.7. The summed E-state index contributed by atoms with van der Waals surface area (Å²) in [4.78, 5) is 15.5. The molecule has 0 spiro atoms. The highest BCUT2D eigenvalue weighted by Gasteiger charge is 2.14. The first-order valence-electron chi connectivity index (χ1n) is 7.47. The minimum absolute atomic E-state index is 0.570. The standard InChI is InChI=1S/C18H14ClN5/c1-23(14-5-3-2-4-6-14)17-15-11-13(19)7-8-16(15)21-18(22-17)24-10-9-20-12-24/h2-12H,1H3. The van der Waals surface area contributed by atoms with Crippen LogP contribution in [0.1, 0.15) is 0 Å². The normalized spacial score (nSPS) is 10.9. The highest BCUT2D eigenvalue weighted by molar-refractivity contribution is 6.31. The van der Waals surface area contributed by atoms with Crippen LogP contribution in [0.5, 0.6) is 0 Å². The van der Waals surface area contributed by atoms with Gasteiger partial charge in [0.25, 0.3) is 0 Å². The molecule has 2 heterocycles. The van der Waals surface area contributed by atoms with E-state index in [1.54, 1.807) is 17.1 Å². The van der Waals surface area contributed by atoms with E-state index in [2.05, 4.69) is 9.97 Å². The van der Waals surface area contributed by atoms with E-state index >= 15 is 0 Å². The highest BCUT2D eigenvalue weighted by atomic mass is 35.5. The molecule has 2 aromatic carbocycles. The molecule has 0 amide bonds. The summed E-state index contributed by atoms with van der Waals surface area (Å²) in [6, 6.07) is 15.7. The third kappa shape index (κ3) is 2.59. The van der Waals surface area contributed by atoms with Crippen LogP contribution in [-0.4, -0.2) is 26.6 Å². The van der Waals surface area contributed by atoms with E-state index in [0.717, 1.165) is 22.4 Å². The molecule has 2 aromatic heterocycles. The maximum atomic E-state index is 6.19. The number of rotatable bonds is 3. The van der Waals surface area contributed by atoms with Crippen LogP contribution in [0.2, 0.25) is 5.02 Å². The van der Waals surface area contributed by atoms with E-state index in [9.17, 15) is 0 Å². The van der Waals surface area contributed by atoms with E-state index in [1.807, 2.05) is 66.7 Å². The second-order valence-corrected chi connectivity index (χ2v) is 5.81. The molecule has 0 aliphatic rings.